The second-order valence-corrected chi connectivity index (χ2v) is 8.13. The predicted molar refractivity (Wildman–Crippen MR) is 120 cm³/mol. The maximum atomic E-state index is 4.52. The third-order valence-electron chi connectivity index (χ3n) is 5.87. The van der Waals surface area contributed by atoms with Gasteiger partial charge in [-0.15, -0.1) is 0 Å². The molecule has 5 rings (SSSR count). The van der Waals surface area contributed by atoms with E-state index in [1.165, 1.54) is 31.5 Å². The highest BCUT2D eigenvalue weighted by molar-refractivity contribution is 5.89. The SMILES string of the molecule is CC1CCN(Cc2ccc(Nc3ncnc4c3cnn4-c3ccccc3)cc2)CC1. The fourth-order valence-electron chi connectivity index (χ4n) is 4.01. The summed E-state index contributed by atoms with van der Waals surface area (Å²) in [7, 11) is 0. The van der Waals surface area contributed by atoms with E-state index in [-0.39, 0.29) is 0 Å². The van der Waals surface area contributed by atoms with E-state index < -0.39 is 0 Å². The molecule has 1 saturated heterocycles. The third-order valence-corrected chi connectivity index (χ3v) is 5.87. The topological polar surface area (TPSA) is 58.9 Å². The van der Waals surface area contributed by atoms with Gasteiger partial charge in [0.05, 0.1) is 17.3 Å². The summed E-state index contributed by atoms with van der Waals surface area (Å²) in [6.45, 7) is 5.77. The average Bonchev–Trinajstić information content (AvgIpc) is 3.23. The second kappa shape index (κ2) is 8.24. The Morgan fingerprint density at radius 1 is 0.967 bits per heavy atom. The molecule has 2 aromatic carbocycles. The molecule has 6 heteroatoms. The normalized spacial score (nSPS) is 15.5. The Kier molecular flexibility index (Phi) is 5.15. The van der Waals surface area contributed by atoms with Crippen LogP contribution in [0.5, 0.6) is 0 Å². The van der Waals surface area contributed by atoms with Gasteiger partial charge < -0.3 is 5.32 Å². The molecule has 0 bridgehead atoms. The fraction of sp³-hybridized carbons (Fsp3) is 0.292. The summed E-state index contributed by atoms with van der Waals surface area (Å²) in [5, 5.41) is 8.85. The minimum absolute atomic E-state index is 0.764. The average molecular weight is 399 g/mol. The van der Waals surface area contributed by atoms with Crippen molar-refractivity contribution in [1.82, 2.24) is 24.6 Å². The van der Waals surface area contributed by atoms with E-state index in [0.29, 0.717) is 0 Å². The van der Waals surface area contributed by atoms with Crippen LogP contribution in [-0.4, -0.2) is 37.7 Å². The van der Waals surface area contributed by atoms with E-state index in [1.54, 1.807) is 6.33 Å². The van der Waals surface area contributed by atoms with Gasteiger partial charge in [-0.1, -0.05) is 37.3 Å². The Hall–Kier alpha value is -3.25. The molecule has 3 heterocycles. The summed E-state index contributed by atoms with van der Waals surface area (Å²) in [5.41, 5.74) is 4.13. The van der Waals surface area contributed by atoms with E-state index in [4.69, 9.17) is 0 Å². The molecule has 0 unspecified atom stereocenters. The highest BCUT2D eigenvalue weighted by Gasteiger charge is 2.16. The molecule has 1 fully saturated rings. The number of nitrogens with one attached hydrogen (secondary N) is 1. The molecule has 30 heavy (non-hydrogen) atoms. The van der Waals surface area contributed by atoms with Crippen molar-refractivity contribution in [2.75, 3.05) is 18.4 Å². The van der Waals surface area contributed by atoms with E-state index >= 15 is 0 Å². The number of hydrogen-bond donors (Lipinski definition) is 1. The molecular weight excluding hydrogens is 372 g/mol. The second-order valence-electron chi connectivity index (χ2n) is 8.13. The summed E-state index contributed by atoms with van der Waals surface area (Å²) < 4.78 is 1.84. The Morgan fingerprint density at radius 3 is 2.50 bits per heavy atom. The van der Waals surface area contributed by atoms with E-state index in [1.807, 2.05) is 41.2 Å². The van der Waals surface area contributed by atoms with Gasteiger partial charge in [-0.05, 0) is 61.7 Å². The molecule has 1 aliphatic heterocycles. The Balaban J connectivity index is 1.33. The number of nitrogens with zero attached hydrogens (tertiary/aromatic N) is 5. The van der Waals surface area contributed by atoms with Crippen LogP contribution in [0.3, 0.4) is 0 Å². The summed E-state index contributed by atoms with van der Waals surface area (Å²) in [4.78, 5) is 11.4. The first kappa shape index (κ1) is 18.8. The lowest BCUT2D eigenvalue weighted by Gasteiger charge is -2.30. The number of anilines is 2. The first-order valence-electron chi connectivity index (χ1n) is 10.6. The molecule has 0 spiro atoms. The molecule has 0 saturated carbocycles. The molecule has 152 valence electrons. The zero-order valence-corrected chi connectivity index (χ0v) is 17.2. The Morgan fingerprint density at radius 2 is 1.73 bits per heavy atom. The number of aromatic nitrogens is 4. The molecule has 0 aliphatic carbocycles. The van der Waals surface area contributed by atoms with Gasteiger partial charge in [0.15, 0.2) is 5.65 Å². The van der Waals surface area contributed by atoms with E-state index in [0.717, 1.165) is 40.7 Å². The first-order valence-corrected chi connectivity index (χ1v) is 10.6. The van der Waals surface area contributed by atoms with Crippen molar-refractivity contribution in [3.63, 3.8) is 0 Å². The molecular formula is C24H26N6. The summed E-state index contributed by atoms with van der Waals surface area (Å²) in [5.74, 6) is 1.63. The minimum atomic E-state index is 0.764. The van der Waals surface area contributed by atoms with Gasteiger partial charge in [0, 0.05) is 12.2 Å². The largest absolute Gasteiger partial charge is 0.340 e. The van der Waals surface area contributed by atoms with Crippen molar-refractivity contribution in [3.05, 3.63) is 72.7 Å². The molecule has 1 N–H and O–H groups in total. The highest BCUT2D eigenvalue weighted by atomic mass is 15.3. The van der Waals surface area contributed by atoms with Crippen LogP contribution in [0.15, 0.2) is 67.1 Å². The number of hydrogen-bond acceptors (Lipinski definition) is 5. The number of fused-ring (bicyclic) bond motifs is 1. The van der Waals surface area contributed by atoms with Crippen molar-refractivity contribution in [2.45, 2.75) is 26.3 Å². The lowest BCUT2D eigenvalue weighted by Crippen LogP contribution is -2.32. The molecule has 1 aliphatic rings. The fourth-order valence-corrected chi connectivity index (χ4v) is 4.01. The van der Waals surface area contributed by atoms with Crippen molar-refractivity contribution < 1.29 is 0 Å². The number of para-hydroxylation sites is 1. The van der Waals surface area contributed by atoms with Crippen LogP contribution in [0, 0.1) is 5.92 Å². The summed E-state index contributed by atoms with van der Waals surface area (Å²) >= 11 is 0. The van der Waals surface area contributed by atoms with Crippen molar-refractivity contribution >= 4 is 22.5 Å². The number of benzene rings is 2. The van der Waals surface area contributed by atoms with Crippen LogP contribution in [0.25, 0.3) is 16.7 Å². The van der Waals surface area contributed by atoms with E-state index in [9.17, 15) is 0 Å². The standard InChI is InChI=1S/C24H26N6/c1-18-11-13-29(14-12-18)16-19-7-9-20(10-8-19)28-23-22-15-27-30(24(22)26-17-25-23)21-5-3-2-4-6-21/h2-10,15,17-18H,11-14,16H2,1H3,(H,25,26,28). The van der Waals surface area contributed by atoms with Crippen LogP contribution in [0.2, 0.25) is 0 Å². The molecule has 0 atom stereocenters. The van der Waals surface area contributed by atoms with Gasteiger partial charge >= 0.3 is 0 Å². The Labute approximate surface area is 176 Å². The maximum absolute atomic E-state index is 4.52. The van der Waals surface area contributed by atoms with Crippen LogP contribution in [0.4, 0.5) is 11.5 Å². The predicted octanol–water partition coefficient (Wildman–Crippen LogP) is 4.79. The van der Waals surface area contributed by atoms with Crippen LogP contribution >= 0.6 is 0 Å². The number of likely N-dealkylation sites (tertiary alicyclic amines) is 1. The van der Waals surface area contributed by atoms with Crippen molar-refractivity contribution in [3.8, 4) is 5.69 Å². The lowest BCUT2D eigenvalue weighted by atomic mass is 9.99. The van der Waals surface area contributed by atoms with Crippen molar-refractivity contribution in [2.24, 2.45) is 5.92 Å². The zero-order valence-electron chi connectivity index (χ0n) is 17.2. The summed E-state index contributed by atoms with van der Waals surface area (Å²) in [6, 6.07) is 18.7. The smallest absolute Gasteiger partial charge is 0.168 e. The molecule has 0 radical (unpaired) electrons. The highest BCUT2D eigenvalue weighted by Crippen LogP contribution is 2.25. The molecule has 4 aromatic rings. The maximum Gasteiger partial charge on any atom is 0.168 e. The number of rotatable bonds is 5. The molecule has 2 aromatic heterocycles. The van der Waals surface area contributed by atoms with Gasteiger partial charge in [0.2, 0.25) is 0 Å². The molecule has 6 nitrogen and oxygen atoms in total. The number of piperidine rings is 1. The Bertz CT molecular complexity index is 1110. The van der Waals surface area contributed by atoms with Crippen LogP contribution in [-0.2, 0) is 6.54 Å². The zero-order chi connectivity index (χ0) is 20.3. The van der Waals surface area contributed by atoms with Gasteiger partial charge in [-0.2, -0.15) is 5.10 Å². The third kappa shape index (κ3) is 3.91. The summed E-state index contributed by atoms with van der Waals surface area (Å²) in [6.07, 6.45) is 6.01. The van der Waals surface area contributed by atoms with E-state index in [2.05, 4.69) is 56.5 Å². The monoisotopic (exact) mass is 398 g/mol. The van der Waals surface area contributed by atoms with Gasteiger partial charge in [0.25, 0.3) is 0 Å². The lowest BCUT2D eigenvalue weighted by molar-refractivity contribution is 0.185. The molecule has 0 amide bonds. The van der Waals surface area contributed by atoms with Gasteiger partial charge in [0.1, 0.15) is 12.1 Å². The minimum Gasteiger partial charge on any atom is -0.340 e. The van der Waals surface area contributed by atoms with Crippen LogP contribution in [0.1, 0.15) is 25.3 Å². The van der Waals surface area contributed by atoms with Gasteiger partial charge in [-0.25, -0.2) is 14.6 Å². The van der Waals surface area contributed by atoms with Gasteiger partial charge in [-0.3, -0.25) is 4.90 Å². The quantitative estimate of drug-likeness (QED) is 0.524. The van der Waals surface area contributed by atoms with Crippen molar-refractivity contribution in [1.29, 1.82) is 0 Å². The van der Waals surface area contributed by atoms with Crippen LogP contribution < -0.4 is 5.32 Å². The first-order chi connectivity index (χ1) is 14.8.